The molecular weight excluding hydrogens is 422 g/mol. The maximum absolute atomic E-state index is 12.9. The van der Waals surface area contributed by atoms with Gasteiger partial charge in [0.1, 0.15) is 0 Å². The number of β-amino-alcohol motifs (C(OH)–C–C–N with tert-alkyl or cyclic N) is 1. The van der Waals surface area contributed by atoms with Crippen molar-refractivity contribution in [3.8, 4) is 11.1 Å². The Kier molecular flexibility index (Phi) is 5.32. The predicted molar refractivity (Wildman–Crippen MR) is 123 cm³/mol. The molecule has 5 rings (SSSR count). The lowest BCUT2D eigenvalue weighted by Gasteiger charge is -2.40. The molecule has 2 N–H and O–H groups in total. The molecule has 3 aliphatic rings. The highest BCUT2D eigenvalue weighted by molar-refractivity contribution is 6.05. The van der Waals surface area contributed by atoms with Gasteiger partial charge in [0.05, 0.1) is 23.5 Å². The number of carboxylic acid groups (broad SMARTS) is 1. The van der Waals surface area contributed by atoms with E-state index in [9.17, 15) is 24.6 Å². The molecule has 1 saturated carbocycles. The molecule has 2 aromatic rings. The highest BCUT2D eigenvalue weighted by atomic mass is 16.4. The number of hydrogen-bond acceptors (Lipinski definition) is 4. The molecule has 8 heteroatoms. The van der Waals surface area contributed by atoms with Crippen LogP contribution < -0.4 is 9.80 Å². The third kappa shape index (κ3) is 3.95. The third-order valence-electron chi connectivity index (χ3n) is 6.72. The van der Waals surface area contributed by atoms with E-state index in [0.717, 1.165) is 24.0 Å². The first-order valence-corrected chi connectivity index (χ1v) is 11.4. The van der Waals surface area contributed by atoms with Gasteiger partial charge in [-0.1, -0.05) is 18.2 Å². The van der Waals surface area contributed by atoms with Crippen LogP contribution in [0.15, 0.2) is 42.5 Å². The fraction of sp³-hybridized carbons (Fsp3) is 0.400. The van der Waals surface area contributed by atoms with Crippen LogP contribution >= 0.6 is 0 Å². The van der Waals surface area contributed by atoms with Crippen LogP contribution in [0.2, 0.25) is 0 Å². The number of nitrogens with zero attached hydrogens (tertiary/aromatic N) is 3. The molecule has 0 unspecified atom stereocenters. The average molecular weight is 450 g/mol. The lowest BCUT2D eigenvalue weighted by molar-refractivity contribution is -0.120. The summed E-state index contributed by atoms with van der Waals surface area (Å²) in [7, 11) is 0. The van der Waals surface area contributed by atoms with E-state index in [-0.39, 0.29) is 30.3 Å². The Bertz CT molecular complexity index is 1110. The number of benzene rings is 2. The second-order valence-electron chi connectivity index (χ2n) is 9.20. The van der Waals surface area contributed by atoms with Gasteiger partial charge in [-0.2, -0.15) is 0 Å². The molecule has 172 valence electrons. The van der Waals surface area contributed by atoms with E-state index in [1.54, 1.807) is 28.0 Å². The molecule has 0 bridgehead atoms. The van der Waals surface area contributed by atoms with E-state index in [1.807, 2.05) is 31.2 Å². The largest absolute Gasteiger partial charge is 0.465 e. The van der Waals surface area contributed by atoms with Crippen molar-refractivity contribution in [2.45, 2.75) is 38.3 Å². The van der Waals surface area contributed by atoms with Gasteiger partial charge in [0.15, 0.2) is 0 Å². The Morgan fingerprint density at radius 3 is 2.21 bits per heavy atom. The fourth-order valence-electron chi connectivity index (χ4n) is 4.76. The van der Waals surface area contributed by atoms with Gasteiger partial charge < -0.3 is 20.0 Å². The van der Waals surface area contributed by atoms with E-state index in [4.69, 9.17) is 0 Å². The number of amides is 3. The van der Waals surface area contributed by atoms with Gasteiger partial charge in [-0.15, -0.1) is 0 Å². The van der Waals surface area contributed by atoms with Crippen LogP contribution in [0.3, 0.4) is 0 Å². The van der Waals surface area contributed by atoms with Gasteiger partial charge in [0, 0.05) is 31.1 Å². The maximum Gasteiger partial charge on any atom is 0.411 e. The number of carbonyl (C=O) groups excluding carboxylic acids is 2. The summed E-state index contributed by atoms with van der Waals surface area (Å²) in [6, 6.07) is 12.5. The van der Waals surface area contributed by atoms with Gasteiger partial charge in [-0.05, 0) is 61.6 Å². The van der Waals surface area contributed by atoms with Crippen LogP contribution in [0.1, 0.15) is 36.5 Å². The van der Waals surface area contributed by atoms with Gasteiger partial charge in [0.25, 0.3) is 5.91 Å². The standard InChI is InChI=1S/C25H27N3O5/c1-15-13-27(25(32)33)22-12-19(8-9-21(22)28(15)24(31)18-6-7-18)16-2-4-17(5-3-16)23(30)26-11-10-20(29)14-26/h2-5,8-9,12,15,18,20,29H,6-7,10-11,13-14H2,1H3,(H,32,33)/t15-,20+/m0/s1. The van der Waals surface area contributed by atoms with Crippen molar-refractivity contribution in [2.24, 2.45) is 5.92 Å². The first kappa shape index (κ1) is 21.5. The van der Waals surface area contributed by atoms with E-state index >= 15 is 0 Å². The van der Waals surface area contributed by atoms with Crippen LogP contribution in [-0.4, -0.2) is 64.8 Å². The predicted octanol–water partition coefficient (Wildman–Crippen LogP) is 3.19. The first-order valence-electron chi connectivity index (χ1n) is 11.4. The Balaban J connectivity index is 1.45. The molecule has 1 aliphatic carbocycles. The second kappa shape index (κ2) is 8.19. The zero-order chi connectivity index (χ0) is 23.3. The van der Waals surface area contributed by atoms with Crippen molar-refractivity contribution < 1.29 is 24.6 Å². The second-order valence-corrected chi connectivity index (χ2v) is 9.20. The number of aliphatic hydroxyl groups excluding tert-OH is 1. The number of likely N-dealkylation sites (tertiary alicyclic amines) is 1. The van der Waals surface area contributed by atoms with Gasteiger partial charge in [0.2, 0.25) is 5.91 Å². The van der Waals surface area contributed by atoms with Crippen LogP contribution in [0.5, 0.6) is 0 Å². The quantitative estimate of drug-likeness (QED) is 0.750. The summed E-state index contributed by atoms with van der Waals surface area (Å²) in [6.07, 6.45) is 0.861. The maximum atomic E-state index is 12.9. The highest BCUT2D eigenvalue weighted by Crippen LogP contribution is 2.42. The van der Waals surface area contributed by atoms with E-state index in [1.165, 1.54) is 4.90 Å². The molecule has 2 aliphatic heterocycles. The summed E-state index contributed by atoms with van der Waals surface area (Å²) in [6.45, 7) is 3.00. The molecule has 2 atom stereocenters. The van der Waals surface area contributed by atoms with Crippen LogP contribution in [0.4, 0.5) is 16.2 Å². The minimum Gasteiger partial charge on any atom is -0.465 e. The molecule has 0 spiro atoms. The molecule has 2 aromatic carbocycles. The topological polar surface area (TPSA) is 101 Å². The van der Waals surface area contributed by atoms with Crippen LogP contribution in [0.25, 0.3) is 11.1 Å². The number of aliphatic hydroxyl groups is 1. The monoisotopic (exact) mass is 449 g/mol. The molecular formula is C25H27N3O5. The number of carbonyl (C=O) groups is 3. The Labute approximate surface area is 192 Å². The molecule has 8 nitrogen and oxygen atoms in total. The molecule has 0 radical (unpaired) electrons. The zero-order valence-corrected chi connectivity index (χ0v) is 18.5. The van der Waals surface area contributed by atoms with E-state index in [2.05, 4.69) is 0 Å². The lowest BCUT2D eigenvalue weighted by atomic mass is 9.99. The first-order chi connectivity index (χ1) is 15.8. The van der Waals surface area contributed by atoms with Crippen LogP contribution in [-0.2, 0) is 4.79 Å². The normalized spacial score (nSPS) is 22.3. The van der Waals surface area contributed by atoms with Crippen molar-refractivity contribution in [1.82, 2.24) is 4.90 Å². The molecule has 2 fully saturated rings. The summed E-state index contributed by atoms with van der Waals surface area (Å²) >= 11 is 0. The molecule has 3 amide bonds. The summed E-state index contributed by atoms with van der Waals surface area (Å²) in [4.78, 5) is 42.2. The Hall–Kier alpha value is -3.39. The number of anilines is 2. The smallest absolute Gasteiger partial charge is 0.411 e. The summed E-state index contributed by atoms with van der Waals surface area (Å²) in [5, 5.41) is 19.5. The van der Waals surface area contributed by atoms with E-state index in [0.29, 0.717) is 36.4 Å². The summed E-state index contributed by atoms with van der Waals surface area (Å²) < 4.78 is 0. The minimum absolute atomic E-state index is 0.0400. The van der Waals surface area contributed by atoms with Crippen molar-refractivity contribution in [3.05, 3.63) is 48.0 Å². The molecule has 1 saturated heterocycles. The average Bonchev–Trinajstić information content (AvgIpc) is 3.58. The number of fused-ring (bicyclic) bond motifs is 1. The molecule has 2 heterocycles. The van der Waals surface area contributed by atoms with E-state index < -0.39 is 12.2 Å². The van der Waals surface area contributed by atoms with Gasteiger partial charge >= 0.3 is 6.09 Å². The number of hydrogen-bond donors (Lipinski definition) is 2. The fourth-order valence-corrected chi connectivity index (χ4v) is 4.76. The minimum atomic E-state index is -1.05. The molecule has 33 heavy (non-hydrogen) atoms. The van der Waals surface area contributed by atoms with Crippen molar-refractivity contribution in [2.75, 3.05) is 29.4 Å². The SMILES string of the molecule is C[C@H]1CN(C(=O)O)c2cc(-c3ccc(C(=O)N4CC[C@@H](O)C4)cc3)ccc2N1C(=O)C1CC1. The summed E-state index contributed by atoms with van der Waals surface area (Å²) in [5.41, 5.74) is 3.33. The molecule has 0 aromatic heterocycles. The van der Waals surface area contributed by atoms with Gasteiger partial charge in [-0.25, -0.2) is 4.79 Å². The van der Waals surface area contributed by atoms with Crippen LogP contribution in [0, 0.1) is 5.92 Å². The zero-order valence-electron chi connectivity index (χ0n) is 18.5. The Morgan fingerprint density at radius 2 is 1.61 bits per heavy atom. The number of rotatable bonds is 3. The Morgan fingerprint density at radius 1 is 0.909 bits per heavy atom. The van der Waals surface area contributed by atoms with Crippen molar-refractivity contribution in [3.63, 3.8) is 0 Å². The highest BCUT2D eigenvalue weighted by Gasteiger charge is 2.41. The third-order valence-corrected chi connectivity index (χ3v) is 6.72. The summed E-state index contributed by atoms with van der Waals surface area (Å²) in [5.74, 6) is -0.00148. The van der Waals surface area contributed by atoms with Gasteiger partial charge in [-0.3, -0.25) is 14.5 Å². The lowest BCUT2D eigenvalue weighted by Crippen LogP contribution is -2.52. The van der Waals surface area contributed by atoms with Crippen molar-refractivity contribution >= 4 is 29.3 Å². The van der Waals surface area contributed by atoms with Crippen molar-refractivity contribution in [1.29, 1.82) is 0 Å².